The molecule has 1 aliphatic heterocycles. The van der Waals surface area contributed by atoms with E-state index in [1.165, 1.54) is 5.56 Å². The number of nitrogens with two attached hydrogens (primary N) is 1. The summed E-state index contributed by atoms with van der Waals surface area (Å²) in [5.74, 6) is 0.0387. The molecule has 0 saturated carbocycles. The first-order chi connectivity index (χ1) is 12.4. The maximum Gasteiger partial charge on any atom is 0.238 e. The van der Waals surface area contributed by atoms with Crippen LogP contribution in [0.4, 0.5) is 5.69 Å². The van der Waals surface area contributed by atoms with Crippen molar-refractivity contribution in [1.29, 1.82) is 0 Å². The van der Waals surface area contributed by atoms with Crippen molar-refractivity contribution in [3.05, 3.63) is 65.7 Å². The van der Waals surface area contributed by atoms with Gasteiger partial charge in [-0.2, -0.15) is 0 Å². The molecule has 0 bridgehead atoms. The van der Waals surface area contributed by atoms with E-state index < -0.39 is 0 Å². The summed E-state index contributed by atoms with van der Waals surface area (Å²) in [5.41, 5.74) is 9.51. The Morgan fingerprint density at radius 2 is 1.85 bits per heavy atom. The predicted molar refractivity (Wildman–Crippen MR) is 107 cm³/mol. The van der Waals surface area contributed by atoms with Crippen LogP contribution < -0.4 is 11.1 Å². The van der Waals surface area contributed by atoms with Crippen LogP contribution in [0.15, 0.2) is 54.6 Å². The maximum absolute atomic E-state index is 12.6. The summed E-state index contributed by atoms with van der Waals surface area (Å²) in [6.07, 6.45) is 1.74. The van der Waals surface area contributed by atoms with Gasteiger partial charge >= 0.3 is 0 Å². The molecule has 1 amide bonds. The average molecular weight is 351 g/mol. The Kier molecular flexibility index (Phi) is 5.74. The molecule has 1 unspecified atom stereocenters. The fourth-order valence-corrected chi connectivity index (χ4v) is 3.62. The number of amides is 1. The minimum absolute atomic E-state index is 0.0387. The molecule has 1 saturated heterocycles. The molecule has 0 spiro atoms. The van der Waals surface area contributed by atoms with Crippen LogP contribution in [0.2, 0.25) is 0 Å². The minimum atomic E-state index is 0.0387. The Bertz CT molecular complexity index is 742. The third-order valence-corrected chi connectivity index (χ3v) is 5.29. The highest BCUT2D eigenvalue weighted by Crippen LogP contribution is 2.27. The van der Waals surface area contributed by atoms with E-state index >= 15 is 0 Å². The van der Waals surface area contributed by atoms with E-state index in [1.54, 1.807) is 0 Å². The lowest BCUT2D eigenvalue weighted by molar-refractivity contribution is -0.118. The van der Waals surface area contributed by atoms with Gasteiger partial charge in [0.1, 0.15) is 0 Å². The first-order valence-corrected chi connectivity index (χ1v) is 9.34. The summed E-state index contributed by atoms with van der Waals surface area (Å²) in [6, 6.07) is 18.6. The third kappa shape index (κ3) is 4.71. The van der Waals surface area contributed by atoms with Gasteiger partial charge in [0.2, 0.25) is 5.91 Å². The third-order valence-electron chi connectivity index (χ3n) is 5.29. The molecule has 2 aromatic rings. The molecular weight excluding hydrogens is 322 g/mol. The van der Waals surface area contributed by atoms with Crippen molar-refractivity contribution in [1.82, 2.24) is 4.90 Å². The van der Waals surface area contributed by atoms with Crippen molar-refractivity contribution in [2.75, 3.05) is 25.0 Å². The summed E-state index contributed by atoms with van der Waals surface area (Å²) in [4.78, 5) is 14.8. The van der Waals surface area contributed by atoms with Crippen LogP contribution in [-0.4, -0.2) is 36.5 Å². The first kappa shape index (κ1) is 18.6. The zero-order valence-electron chi connectivity index (χ0n) is 15.7. The number of likely N-dealkylation sites (tertiary alicyclic amines) is 1. The smallest absolute Gasteiger partial charge is 0.238 e. The fourth-order valence-electron chi connectivity index (χ4n) is 3.62. The molecule has 1 fully saturated rings. The molecule has 1 atom stereocenters. The Balaban J connectivity index is 1.63. The molecule has 4 heteroatoms. The molecule has 3 N–H and O–H groups in total. The number of para-hydroxylation sites is 1. The Morgan fingerprint density at radius 3 is 2.58 bits per heavy atom. The van der Waals surface area contributed by atoms with Gasteiger partial charge < -0.3 is 11.1 Å². The highest BCUT2D eigenvalue weighted by atomic mass is 16.2. The van der Waals surface area contributed by atoms with Crippen LogP contribution in [0.3, 0.4) is 0 Å². The molecule has 0 radical (unpaired) electrons. The molecule has 0 aromatic heterocycles. The molecule has 2 aromatic carbocycles. The van der Waals surface area contributed by atoms with Gasteiger partial charge in [0, 0.05) is 24.8 Å². The van der Waals surface area contributed by atoms with Gasteiger partial charge in [-0.25, -0.2) is 0 Å². The van der Waals surface area contributed by atoms with E-state index in [9.17, 15) is 4.79 Å². The Hall–Kier alpha value is -2.17. The summed E-state index contributed by atoms with van der Waals surface area (Å²) >= 11 is 0. The molecule has 0 aliphatic carbocycles. The lowest BCUT2D eigenvalue weighted by Gasteiger charge is -2.42. The van der Waals surface area contributed by atoms with Gasteiger partial charge in [0.05, 0.1) is 6.54 Å². The zero-order valence-corrected chi connectivity index (χ0v) is 15.7. The van der Waals surface area contributed by atoms with Crippen LogP contribution in [0.25, 0.3) is 0 Å². The predicted octanol–water partition coefficient (Wildman–Crippen LogP) is 3.28. The van der Waals surface area contributed by atoms with Crippen LogP contribution in [-0.2, 0) is 11.2 Å². The van der Waals surface area contributed by atoms with Crippen molar-refractivity contribution in [2.24, 2.45) is 11.1 Å². The highest BCUT2D eigenvalue weighted by Gasteiger charge is 2.33. The average Bonchev–Trinajstić information content (AvgIpc) is 2.60. The summed E-state index contributed by atoms with van der Waals surface area (Å²) in [7, 11) is 0. The van der Waals surface area contributed by atoms with Gasteiger partial charge in [0.25, 0.3) is 0 Å². The van der Waals surface area contributed by atoms with Crippen molar-refractivity contribution in [3.8, 4) is 0 Å². The molecule has 3 rings (SSSR count). The second-order valence-corrected chi connectivity index (χ2v) is 7.96. The van der Waals surface area contributed by atoms with Crippen molar-refractivity contribution in [2.45, 2.75) is 32.7 Å². The van der Waals surface area contributed by atoms with Crippen LogP contribution >= 0.6 is 0 Å². The SMILES string of the molecule is CC1(C)CN(CC(=O)Nc2ccccc2Cc2ccccc2)CCC1N. The number of hydrogen-bond acceptors (Lipinski definition) is 3. The van der Waals surface area contributed by atoms with E-state index in [2.05, 4.69) is 42.3 Å². The molecule has 1 heterocycles. The standard InChI is InChI=1S/C22H29N3O/c1-22(2)16-25(13-12-20(22)23)15-21(26)24-19-11-7-6-10-18(19)14-17-8-4-3-5-9-17/h3-11,20H,12-16,23H2,1-2H3,(H,24,26). The number of piperidine rings is 1. The second kappa shape index (κ2) is 8.02. The minimum Gasteiger partial charge on any atom is -0.327 e. The second-order valence-electron chi connectivity index (χ2n) is 7.96. The Labute approximate surface area is 156 Å². The van der Waals surface area contributed by atoms with Gasteiger partial charge in [-0.05, 0) is 35.4 Å². The monoisotopic (exact) mass is 351 g/mol. The molecule has 1 aliphatic rings. The molecule has 26 heavy (non-hydrogen) atoms. The number of carbonyl (C=O) groups excluding carboxylic acids is 1. The highest BCUT2D eigenvalue weighted by molar-refractivity contribution is 5.93. The lowest BCUT2D eigenvalue weighted by Crippen LogP contribution is -2.53. The largest absolute Gasteiger partial charge is 0.327 e. The lowest BCUT2D eigenvalue weighted by atomic mass is 9.80. The van der Waals surface area contributed by atoms with Crippen molar-refractivity contribution < 1.29 is 4.79 Å². The number of nitrogens with one attached hydrogen (secondary N) is 1. The quantitative estimate of drug-likeness (QED) is 0.869. The van der Waals surface area contributed by atoms with Crippen LogP contribution in [0, 0.1) is 5.41 Å². The molecular formula is C22H29N3O. The molecule has 4 nitrogen and oxygen atoms in total. The van der Waals surface area contributed by atoms with E-state index in [0.29, 0.717) is 6.54 Å². The topological polar surface area (TPSA) is 58.4 Å². The van der Waals surface area contributed by atoms with Gasteiger partial charge in [-0.1, -0.05) is 62.4 Å². The zero-order chi connectivity index (χ0) is 18.6. The number of anilines is 1. The normalized spacial score (nSPS) is 19.9. The summed E-state index contributed by atoms with van der Waals surface area (Å²) < 4.78 is 0. The van der Waals surface area contributed by atoms with Crippen LogP contribution in [0.1, 0.15) is 31.4 Å². The van der Waals surface area contributed by atoms with Crippen LogP contribution in [0.5, 0.6) is 0 Å². The fraction of sp³-hybridized carbons (Fsp3) is 0.409. The Morgan fingerprint density at radius 1 is 1.15 bits per heavy atom. The summed E-state index contributed by atoms with van der Waals surface area (Å²) in [6.45, 7) is 6.50. The van der Waals surface area contributed by atoms with Crippen molar-refractivity contribution in [3.63, 3.8) is 0 Å². The number of benzene rings is 2. The number of rotatable bonds is 5. The summed E-state index contributed by atoms with van der Waals surface area (Å²) in [5, 5.41) is 3.10. The van der Waals surface area contributed by atoms with E-state index in [-0.39, 0.29) is 17.4 Å². The number of carbonyl (C=O) groups is 1. The van der Waals surface area contributed by atoms with E-state index in [4.69, 9.17) is 5.73 Å². The van der Waals surface area contributed by atoms with Crippen molar-refractivity contribution >= 4 is 11.6 Å². The maximum atomic E-state index is 12.6. The number of nitrogens with zero attached hydrogens (tertiary/aromatic N) is 1. The van der Waals surface area contributed by atoms with E-state index in [0.717, 1.165) is 37.2 Å². The van der Waals surface area contributed by atoms with E-state index in [1.807, 2.05) is 36.4 Å². The van der Waals surface area contributed by atoms with Gasteiger partial charge in [0.15, 0.2) is 0 Å². The molecule has 138 valence electrons. The first-order valence-electron chi connectivity index (χ1n) is 9.34. The van der Waals surface area contributed by atoms with Gasteiger partial charge in [-0.3, -0.25) is 9.69 Å². The number of hydrogen-bond donors (Lipinski definition) is 2. The van der Waals surface area contributed by atoms with Gasteiger partial charge in [-0.15, -0.1) is 0 Å².